The highest BCUT2D eigenvalue weighted by Crippen LogP contribution is 1.98. The van der Waals surface area contributed by atoms with Gasteiger partial charge in [-0.15, -0.1) is 0 Å². The summed E-state index contributed by atoms with van der Waals surface area (Å²) in [6, 6.07) is 0. The molecular weight excluding hydrogens is 118 g/mol. The minimum atomic E-state index is 0.333. The largest absolute Gasteiger partial charge is 0.447 e. The monoisotopic (exact) mass is 127 g/mol. The minimum absolute atomic E-state index is 0.333. The van der Waals surface area contributed by atoms with Crippen LogP contribution in [0.2, 0.25) is 0 Å². The van der Waals surface area contributed by atoms with E-state index in [4.69, 9.17) is 15.9 Å². The second-order valence-electron chi connectivity index (χ2n) is 1.64. The van der Waals surface area contributed by atoms with E-state index in [2.05, 4.69) is 4.98 Å². The minimum Gasteiger partial charge on any atom is -0.447 e. The smallest absolute Gasteiger partial charge is 0.208 e. The molecule has 0 aromatic carbocycles. The maximum atomic E-state index is 5.25. The van der Waals surface area contributed by atoms with Crippen molar-refractivity contribution in [2.45, 2.75) is 13.1 Å². The molecule has 4 N–H and O–H groups in total. The van der Waals surface area contributed by atoms with Gasteiger partial charge in [0.2, 0.25) is 5.89 Å². The van der Waals surface area contributed by atoms with Crippen LogP contribution in [0.25, 0.3) is 0 Å². The summed E-state index contributed by atoms with van der Waals surface area (Å²) >= 11 is 0. The van der Waals surface area contributed by atoms with Gasteiger partial charge in [0.25, 0.3) is 0 Å². The van der Waals surface area contributed by atoms with Crippen molar-refractivity contribution < 1.29 is 4.42 Å². The summed E-state index contributed by atoms with van der Waals surface area (Å²) in [5, 5.41) is 0. The molecule has 0 bridgehead atoms. The molecule has 50 valence electrons. The van der Waals surface area contributed by atoms with Crippen molar-refractivity contribution in [3.05, 3.63) is 17.8 Å². The van der Waals surface area contributed by atoms with Crippen molar-refractivity contribution in [3.63, 3.8) is 0 Å². The second kappa shape index (κ2) is 2.61. The topological polar surface area (TPSA) is 78.1 Å². The number of hydrogen-bond acceptors (Lipinski definition) is 4. The van der Waals surface area contributed by atoms with Crippen LogP contribution in [0.5, 0.6) is 0 Å². The summed E-state index contributed by atoms with van der Waals surface area (Å²) in [6.07, 6.45) is 1.52. The summed E-state index contributed by atoms with van der Waals surface area (Å²) in [7, 11) is 0. The third-order valence-electron chi connectivity index (χ3n) is 0.983. The number of rotatable bonds is 2. The molecule has 1 aromatic rings. The predicted octanol–water partition coefficient (Wildman–Crippen LogP) is -0.408. The quantitative estimate of drug-likeness (QED) is 0.566. The maximum Gasteiger partial charge on any atom is 0.208 e. The average Bonchev–Trinajstić information content (AvgIpc) is 2.34. The van der Waals surface area contributed by atoms with Crippen LogP contribution in [0.4, 0.5) is 0 Å². The first-order chi connectivity index (χ1) is 4.36. The molecule has 1 aromatic heterocycles. The molecule has 0 fully saturated rings. The standard InChI is InChI=1S/C5H9N3O/c6-1-4-3-9-5(2-7)8-4/h3H,1-2,6-7H2. The van der Waals surface area contributed by atoms with Gasteiger partial charge in [-0.3, -0.25) is 0 Å². The van der Waals surface area contributed by atoms with Crippen molar-refractivity contribution in [2.75, 3.05) is 0 Å². The molecule has 0 amide bonds. The molecule has 0 unspecified atom stereocenters. The van der Waals surface area contributed by atoms with Crippen LogP contribution in [-0.2, 0) is 13.1 Å². The molecule has 0 aliphatic heterocycles. The van der Waals surface area contributed by atoms with E-state index in [-0.39, 0.29) is 0 Å². The predicted molar refractivity (Wildman–Crippen MR) is 32.3 cm³/mol. The van der Waals surface area contributed by atoms with Crippen molar-refractivity contribution in [1.29, 1.82) is 0 Å². The van der Waals surface area contributed by atoms with E-state index in [0.717, 1.165) is 5.69 Å². The Bertz CT molecular complexity index is 166. The summed E-state index contributed by atoms with van der Waals surface area (Å²) in [5.41, 5.74) is 11.2. The van der Waals surface area contributed by atoms with E-state index in [1.54, 1.807) is 0 Å². The Kier molecular flexibility index (Phi) is 1.81. The Morgan fingerprint density at radius 1 is 1.44 bits per heavy atom. The molecular formula is C5H9N3O. The van der Waals surface area contributed by atoms with Gasteiger partial charge in [-0.1, -0.05) is 0 Å². The van der Waals surface area contributed by atoms with Gasteiger partial charge in [0.15, 0.2) is 0 Å². The Morgan fingerprint density at radius 3 is 2.56 bits per heavy atom. The zero-order chi connectivity index (χ0) is 6.69. The molecule has 0 spiro atoms. The Morgan fingerprint density at radius 2 is 2.22 bits per heavy atom. The molecule has 0 saturated carbocycles. The van der Waals surface area contributed by atoms with Crippen LogP contribution in [0.3, 0.4) is 0 Å². The summed E-state index contributed by atoms with van der Waals surface area (Å²) in [5.74, 6) is 0.537. The van der Waals surface area contributed by atoms with Gasteiger partial charge in [0.05, 0.1) is 12.2 Å². The molecule has 4 heteroatoms. The molecule has 0 saturated heterocycles. The maximum absolute atomic E-state index is 5.25. The lowest BCUT2D eigenvalue weighted by molar-refractivity contribution is 0.497. The molecule has 4 nitrogen and oxygen atoms in total. The van der Waals surface area contributed by atoms with E-state index in [1.807, 2.05) is 0 Å². The first-order valence-electron chi connectivity index (χ1n) is 2.70. The van der Waals surface area contributed by atoms with Gasteiger partial charge in [-0.2, -0.15) is 0 Å². The van der Waals surface area contributed by atoms with Crippen LogP contribution in [0, 0.1) is 0 Å². The fourth-order valence-electron chi connectivity index (χ4n) is 0.536. The Hall–Kier alpha value is -0.870. The molecule has 0 radical (unpaired) electrons. The third-order valence-corrected chi connectivity index (χ3v) is 0.983. The summed E-state index contributed by atoms with van der Waals surface area (Å²) in [4.78, 5) is 3.93. The van der Waals surface area contributed by atoms with Crippen LogP contribution in [0.1, 0.15) is 11.6 Å². The van der Waals surface area contributed by atoms with E-state index >= 15 is 0 Å². The van der Waals surface area contributed by atoms with Crippen LogP contribution >= 0.6 is 0 Å². The van der Waals surface area contributed by atoms with Crippen molar-refractivity contribution >= 4 is 0 Å². The zero-order valence-electron chi connectivity index (χ0n) is 5.00. The number of oxazole rings is 1. The van der Waals surface area contributed by atoms with E-state index in [9.17, 15) is 0 Å². The van der Waals surface area contributed by atoms with Gasteiger partial charge in [0, 0.05) is 6.54 Å². The highest BCUT2D eigenvalue weighted by Gasteiger charge is 1.97. The van der Waals surface area contributed by atoms with Crippen molar-refractivity contribution in [2.24, 2.45) is 11.5 Å². The Balaban J connectivity index is 2.74. The van der Waals surface area contributed by atoms with E-state index < -0.39 is 0 Å². The lowest BCUT2D eigenvalue weighted by atomic mass is 10.5. The first-order valence-corrected chi connectivity index (χ1v) is 2.70. The number of nitrogens with zero attached hydrogens (tertiary/aromatic N) is 1. The molecule has 9 heavy (non-hydrogen) atoms. The van der Waals surface area contributed by atoms with Gasteiger partial charge in [0.1, 0.15) is 6.26 Å². The van der Waals surface area contributed by atoms with Crippen LogP contribution in [-0.4, -0.2) is 4.98 Å². The van der Waals surface area contributed by atoms with E-state index in [0.29, 0.717) is 19.0 Å². The first kappa shape index (κ1) is 6.25. The highest BCUT2D eigenvalue weighted by molar-refractivity contribution is 4.94. The average molecular weight is 127 g/mol. The van der Waals surface area contributed by atoms with Crippen molar-refractivity contribution in [1.82, 2.24) is 4.98 Å². The fourth-order valence-corrected chi connectivity index (χ4v) is 0.536. The van der Waals surface area contributed by atoms with Crippen LogP contribution < -0.4 is 11.5 Å². The number of aromatic nitrogens is 1. The third kappa shape index (κ3) is 1.28. The number of hydrogen-bond donors (Lipinski definition) is 2. The van der Waals surface area contributed by atoms with Crippen LogP contribution in [0.15, 0.2) is 10.7 Å². The normalized spacial score (nSPS) is 10.0. The van der Waals surface area contributed by atoms with Crippen molar-refractivity contribution in [3.8, 4) is 0 Å². The molecule has 1 rings (SSSR count). The molecule has 0 atom stereocenters. The van der Waals surface area contributed by atoms with Gasteiger partial charge in [-0.05, 0) is 0 Å². The second-order valence-corrected chi connectivity index (χ2v) is 1.64. The lowest BCUT2D eigenvalue weighted by Gasteiger charge is -1.81. The highest BCUT2D eigenvalue weighted by atomic mass is 16.3. The zero-order valence-corrected chi connectivity index (χ0v) is 5.00. The number of nitrogens with two attached hydrogens (primary N) is 2. The SMILES string of the molecule is NCc1coc(CN)n1. The van der Waals surface area contributed by atoms with Gasteiger partial charge < -0.3 is 15.9 Å². The lowest BCUT2D eigenvalue weighted by Crippen LogP contribution is -1.99. The van der Waals surface area contributed by atoms with Gasteiger partial charge >= 0.3 is 0 Å². The molecule has 0 aliphatic carbocycles. The van der Waals surface area contributed by atoms with Gasteiger partial charge in [-0.25, -0.2) is 4.98 Å². The molecule has 0 aliphatic rings. The fraction of sp³-hybridized carbons (Fsp3) is 0.400. The summed E-state index contributed by atoms with van der Waals surface area (Å²) < 4.78 is 4.89. The van der Waals surface area contributed by atoms with E-state index in [1.165, 1.54) is 6.26 Å². The summed E-state index contributed by atoms with van der Waals surface area (Å²) in [6.45, 7) is 0.740. The Labute approximate surface area is 52.9 Å². The molecule has 1 heterocycles.